The molecular weight excluding hydrogens is 290 g/mol. The minimum absolute atomic E-state index is 0.266. The number of hydrogen-bond donors (Lipinski definition) is 1. The second-order valence-corrected chi connectivity index (χ2v) is 7.46. The van der Waals surface area contributed by atoms with Gasteiger partial charge in [-0.15, -0.1) is 11.8 Å². The van der Waals surface area contributed by atoms with Crippen LogP contribution in [0.5, 0.6) is 0 Å². The molecular formula is C18H21N3S. The largest absolute Gasteiger partial charge is 0.348 e. The van der Waals surface area contributed by atoms with Gasteiger partial charge < -0.3 is 4.98 Å². The highest BCUT2D eigenvalue weighted by Gasteiger charge is 2.18. The molecule has 0 saturated carbocycles. The number of H-pyrrole nitrogens is 1. The number of hydrogen-bond acceptors (Lipinski definition) is 3. The molecule has 0 saturated heterocycles. The van der Waals surface area contributed by atoms with E-state index in [2.05, 4.69) is 66.9 Å². The number of benzene rings is 1. The number of imidazole rings is 1. The van der Waals surface area contributed by atoms with E-state index in [4.69, 9.17) is 0 Å². The third-order valence-corrected chi connectivity index (χ3v) is 4.96. The van der Waals surface area contributed by atoms with Gasteiger partial charge in [0, 0.05) is 33.3 Å². The van der Waals surface area contributed by atoms with Crippen LogP contribution in [-0.2, 0) is 0 Å². The number of thioether (sulfide) groups is 1. The smallest absolute Gasteiger partial charge is 0.0925 e. The first-order chi connectivity index (χ1) is 10.6. The number of aryl methyl sites for hydroxylation is 1. The van der Waals surface area contributed by atoms with Crippen molar-refractivity contribution in [3.05, 3.63) is 53.7 Å². The van der Waals surface area contributed by atoms with Crippen LogP contribution in [0.4, 0.5) is 0 Å². The molecule has 1 N–H and O–H groups in total. The molecule has 0 bridgehead atoms. The second-order valence-electron chi connectivity index (χ2n) is 5.84. The zero-order valence-corrected chi connectivity index (χ0v) is 14.2. The first-order valence-corrected chi connectivity index (χ1v) is 8.50. The lowest BCUT2D eigenvalue weighted by molar-refractivity contribution is 0.877. The summed E-state index contributed by atoms with van der Waals surface area (Å²) >= 11 is 1.90. The van der Waals surface area contributed by atoms with E-state index in [-0.39, 0.29) is 5.92 Å². The topological polar surface area (TPSA) is 41.6 Å². The quantitative estimate of drug-likeness (QED) is 0.695. The van der Waals surface area contributed by atoms with E-state index in [1.807, 2.05) is 18.0 Å². The summed E-state index contributed by atoms with van der Waals surface area (Å²) < 4.78 is 0. The van der Waals surface area contributed by atoms with Crippen molar-refractivity contribution in [3.8, 4) is 0 Å². The van der Waals surface area contributed by atoms with Crippen LogP contribution in [0.1, 0.15) is 43.6 Å². The summed E-state index contributed by atoms with van der Waals surface area (Å²) in [6, 6.07) is 8.52. The maximum absolute atomic E-state index is 4.56. The molecule has 1 unspecified atom stereocenters. The Kier molecular flexibility index (Phi) is 4.21. The number of aromatic amines is 1. The van der Waals surface area contributed by atoms with Gasteiger partial charge in [-0.1, -0.05) is 32.9 Å². The lowest BCUT2D eigenvalue weighted by Gasteiger charge is -2.17. The van der Waals surface area contributed by atoms with Crippen LogP contribution in [0.3, 0.4) is 0 Å². The summed E-state index contributed by atoms with van der Waals surface area (Å²) in [6.07, 6.45) is 3.68. The van der Waals surface area contributed by atoms with E-state index in [1.54, 1.807) is 6.33 Å². The van der Waals surface area contributed by atoms with Crippen molar-refractivity contribution in [2.45, 2.75) is 43.8 Å². The van der Waals surface area contributed by atoms with Gasteiger partial charge in [0.05, 0.1) is 17.5 Å². The van der Waals surface area contributed by atoms with E-state index in [0.717, 1.165) is 11.2 Å². The second kappa shape index (κ2) is 6.13. The Labute approximate surface area is 135 Å². The Morgan fingerprint density at radius 3 is 2.59 bits per heavy atom. The molecule has 3 rings (SSSR count). The Balaban J connectivity index is 2.19. The zero-order valence-electron chi connectivity index (χ0n) is 13.4. The van der Waals surface area contributed by atoms with Crippen molar-refractivity contribution in [1.29, 1.82) is 0 Å². The van der Waals surface area contributed by atoms with Crippen LogP contribution in [0.25, 0.3) is 10.9 Å². The van der Waals surface area contributed by atoms with Crippen LogP contribution in [0.2, 0.25) is 0 Å². The number of rotatable bonds is 4. The first-order valence-electron chi connectivity index (χ1n) is 7.62. The first kappa shape index (κ1) is 15.1. The molecule has 0 radical (unpaired) electrons. The van der Waals surface area contributed by atoms with Crippen molar-refractivity contribution in [2.75, 3.05) is 0 Å². The van der Waals surface area contributed by atoms with Crippen LogP contribution >= 0.6 is 11.8 Å². The molecule has 2 aromatic heterocycles. The normalized spacial score (nSPS) is 13.0. The lowest BCUT2D eigenvalue weighted by Crippen LogP contribution is -2.01. The molecule has 0 spiro atoms. The maximum atomic E-state index is 4.56. The average molecular weight is 311 g/mol. The Bertz CT molecular complexity index is 787. The summed E-state index contributed by atoms with van der Waals surface area (Å²) in [4.78, 5) is 13.5. The van der Waals surface area contributed by atoms with E-state index >= 15 is 0 Å². The summed E-state index contributed by atoms with van der Waals surface area (Å²) in [5, 5.41) is 1.81. The highest BCUT2D eigenvalue weighted by Crippen LogP contribution is 2.36. The number of aromatic nitrogens is 3. The molecule has 0 aliphatic carbocycles. The number of pyridine rings is 1. The summed E-state index contributed by atoms with van der Waals surface area (Å²) in [5.74, 6) is 0.266. The van der Waals surface area contributed by atoms with Gasteiger partial charge in [0.15, 0.2) is 0 Å². The molecule has 2 heterocycles. The fraction of sp³-hybridized carbons (Fsp3) is 0.333. The van der Waals surface area contributed by atoms with Crippen molar-refractivity contribution in [3.63, 3.8) is 0 Å². The Morgan fingerprint density at radius 1 is 1.09 bits per heavy atom. The van der Waals surface area contributed by atoms with Crippen molar-refractivity contribution in [2.24, 2.45) is 0 Å². The molecule has 0 amide bonds. The van der Waals surface area contributed by atoms with Gasteiger partial charge in [-0.3, -0.25) is 4.98 Å². The van der Waals surface area contributed by atoms with Gasteiger partial charge in [-0.2, -0.15) is 0 Å². The highest BCUT2D eigenvalue weighted by molar-refractivity contribution is 8.00. The van der Waals surface area contributed by atoms with Gasteiger partial charge in [0.25, 0.3) is 0 Å². The van der Waals surface area contributed by atoms with Gasteiger partial charge in [0.2, 0.25) is 0 Å². The number of fused-ring (bicyclic) bond motifs is 1. The van der Waals surface area contributed by atoms with E-state index < -0.39 is 0 Å². The standard InChI is InChI=1S/C18H21N3S/c1-11(2)22-16-8-9-19-15-7-5-6-14(17(15)16)12(3)18-13(4)20-10-21-18/h5-12H,1-4H3,(H,20,21). The van der Waals surface area contributed by atoms with E-state index in [9.17, 15) is 0 Å². The predicted octanol–water partition coefficient (Wildman–Crippen LogP) is 4.92. The number of nitrogens with one attached hydrogen (secondary N) is 1. The number of nitrogens with zero attached hydrogens (tertiary/aromatic N) is 2. The van der Waals surface area contributed by atoms with E-state index in [1.165, 1.54) is 21.5 Å². The molecule has 4 heteroatoms. The minimum atomic E-state index is 0.266. The Morgan fingerprint density at radius 2 is 1.91 bits per heavy atom. The van der Waals surface area contributed by atoms with Crippen LogP contribution in [0, 0.1) is 6.92 Å². The molecule has 22 heavy (non-hydrogen) atoms. The Hall–Kier alpha value is -1.81. The molecule has 114 valence electrons. The molecule has 0 aliphatic heterocycles. The SMILES string of the molecule is Cc1nc[nH]c1C(C)c1cccc2nccc(SC(C)C)c12. The highest BCUT2D eigenvalue weighted by atomic mass is 32.2. The zero-order chi connectivity index (χ0) is 15.7. The van der Waals surface area contributed by atoms with Crippen molar-refractivity contribution >= 4 is 22.7 Å². The van der Waals surface area contributed by atoms with Crippen molar-refractivity contribution in [1.82, 2.24) is 15.0 Å². The van der Waals surface area contributed by atoms with Crippen LogP contribution < -0.4 is 0 Å². The fourth-order valence-corrected chi connectivity index (χ4v) is 3.87. The van der Waals surface area contributed by atoms with Crippen LogP contribution in [0.15, 0.2) is 41.7 Å². The molecule has 1 aromatic carbocycles. The van der Waals surface area contributed by atoms with Gasteiger partial charge >= 0.3 is 0 Å². The van der Waals surface area contributed by atoms with Crippen molar-refractivity contribution < 1.29 is 0 Å². The van der Waals surface area contributed by atoms with Gasteiger partial charge in [-0.25, -0.2) is 4.98 Å². The third-order valence-electron chi connectivity index (χ3n) is 3.89. The predicted molar refractivity (Wildman–Crippen MR) is 93.6 cm³/mol. The molecule has 0 aliphatic rings. The lowest BCUT2D eigenvalue weighted by atomic mass is 9.93. The van der Waals surface area contributed by atoms with Gasteiger partial charge in [0.1, 0.15) is 0 Å². The average Bonchev–Trinajstić information content (AvgIpc) is 2.92. The van der Waals surface area contributed by atoms with E-state index in [0.29, 0.717) is 5.25 Å². The molecule has 0 fully saturated rings. The fourth-order valence-electron chi connectivity index (χ4n) is 2.88. The minimum Gasteiger partial charge on any atom is -0.348 e. The summed E-state index contributed by atoms with van der Waals surface area (Å²) in [6.45, 7) is 8.73. The van der Waals surface area contributed by atoms with Gasteiger partial charge in [-0.05, 0) is 24.6 Å². The molecule has 3 nitrogen and oxygen atoms in total. The van der Waals surface area contributed by atoms with Crippen LogP contribution in [-0.4, -0.2) is 20.2 Å². The third kappa shape index (κ3) is 2.75. The summed E-state index contributed by atoms with van der Waals surface area (Å²) in [7, 11) is 0. The monoisotopic (exact) mass is 311 g/mol. The molecule has 3 aromatic rings. The summed E-state index contributed by atoms with van der Waals surface area (Å²) in [5.41, 5.74) is 4.61. The molecule has 1 atom stereocenters. The maximum Gasteiger partial charge on any atom is 0.0925 e.